The third-order valence-electron chi connectivity index (χ3n) is 4.67. The van der Waals surface area contributed by atoms with Crippen LogP contribution in [0.1, 0.15) is 30.9 Å². The van der Waals surface area contributed by atoms with Crippen molar-refractivity contribution in [2.75, 3.05) is 26.5 Å². The molecule has 0 radical (unpaired) electrons. The highest BCUT2D eigenvalue weighted by Crippen LogP contribution is 2.33. The molecule has 2 rings (SSSR count). The van der Waals surface area contributed by atoms with E-state index in [0.717, 1.165) is 11.1 Å². The summed E-state index contributed by atoms with van der Waals surface area (Å²) in [6, 6.07) is 15.4. The third kappa shape index (κ3) is 6.26. The molecule has 148 valence electrons. The molecule has 2 aromatic carbocycles. The summed E-state index contributed by atoms with van der Waals surface area (Å²) in [6.45, 7) is 4.52. The number of hydrogen-bond donors (Lipinski definition) is 1. The number of nitrogens with one attached hydrogen (secondary N) is 1. The third-order valence-corrected chi connectivity index (χ3v) is 6.01. The monoisotopic (exact) mass is 391 g/mol. The standard InChI is InChI=1S/C21H29NO4S/c1-16(2)19(18-10-11-20(25-3)21(14-18)26-4)15-22-27(23,24)13-12-17-8-6-5-7-9-17/h5-11,14,16,19,22H,12-13,15H2,1-4H3. The zero-order chi connectivity index (χ0) is 19.9. The summed E-state index contributed by atoms with van der Waals surface area (Å²) in [5.74, 6) is 1.68. The first-order chi connectivity index (χ1) is 12.9. The van der Waals surface area contributed by atoms with Crippen LogP contribution in [0.25, 0.3) is 0 Å². The number of methoxy groups -OCH3 is 2. The second-order valence-electron chi connectivity index (χ2n) is 6.87. The molecule has 0 saturated carbocycles. The molecule has 0 aliphatic rings. The Bertz CT molecular complexity index is 819. The predicted octanol–water partition coefficient (Wildman–Crippen LogP) is 3.61. The van der Waals surface area contributed by atoms with E-state index in [4.69, 9.17) is 9.47 Å². The smallest absolute Gasteiger partial charge is 0.211 e. The molecule has 2 aromatic rings. The quantitative estimate of drug-likeness (QED) is 0.672. The van der Waals surface area contributed by atoms with Crippen LogP contribution in [0.5, 0.6) is 11.5 Å². The van der Waals surface area contributed by atoms with Gasteiger partial charge in [-0.1, -0.05) is 50.2 Å². The Hall–Kier alpha value is -2.05. The molecule has 0 saturated heterocycles. The summed E-state index contributed by atoms with van der Waals surface area (Å²) in [5, 5.41) is 0. The Morgan fingerprint density at radius 2 is 1.63 bits per heavy atom. The molecule has 0 amide bonds. The first-order valence-corrected chi connectivity index (χ1v) is 10.7. The normalized spacial score (nSPS) is 12.8. The summed E-state index contributed by atoms with van der Waals surface area (Å²) in [6.07, 6.45) is 0.499. The van der Waals surface area contributed by atoms with E-state index in [9.17, 15) is 8.42 Å². The lowest BCUT2D eigenvalue weighted by Gasteiger charge is -2.23. The molecule has 5 nitrogen and oxygen atoms in total. The summed E-state index contributed by atoms with van der Waals surface area (Å²) in [5.41, 5.74) is 2.04. The van der Waals surface area contributed by atoms with E-state index in [1.54, 1.807) is 14.2 Å². The van der Waals surface area contributed by atoms with Crippen LogP contribution in [0, 0.1) is 5.92 Å². The Morgan fingerprint density at radius 1 is 0.963 bits per heavy atom. The van der Waals surface area contributed by atoms with Crippen molar-refractivity contribution in [3.8, 4) is 11.5 Å². The van der Waals surface area contributed by atoms with E-state index in [-0.39, 0.29) is 17.6 Å². The van der Waals surface area contributed by atoms with Gasteiger partial charge < -0.3 is 9.47 Å². The van der Waals surface area contributed by atoms with Crippen molar-refractivity contribution >= 4 is 10.0 Å². The molecule has 0 aromatic heterocycles. The largest absolute Gasteiger partial charge is 0.493 e. The number of rotatable bonds is 10. The van der Waals surface area contributed by atoms with Crippen LogP contribution in [0.15, 0.2) is 48.5 Å². The van der Waals surface area contributed by atoms with Gasteiger partial charge in [-0.15, -0.1) is 0 Å². The molecule has 1 N–H and O–H groups in total. The van der Waals surface area contributed by atoms with Crippen molar-refractivity contribution < 1.29 is 17.9 Å². The van der Waals surface area contributed by atoms with Crippen LogP contribution in [0.2, 0.25) is 0 Å². The zero-order valence-corrected chi connectivity index (χ0v) is 17.3. The zero-order valence-electron chi connectivity index (χ0n) is 16.4. The van der Waals surface area contributed by atoms with Crippen LogP contribution in [-0.2, 0) is 16.4 Å². The minimum atomic E-state index is -3.35. The lowest BCUT2D eigenvalue weighted by Crippen LogP contribution is -2.32. The molecule has 0 bridgehead atoms. The molecule has 27 heavy (non-hydrogen) atoms. The maximum atomic E-state index is 12.4. The van der Waals surface area contributed by atoms with Crippen LogP contribution in [0.3, 0.4) is 0 Å². The van der Waals surface area contributed by atoms with Gasteiger partial charge in [0.15, 0.2) is 11.5 Å². The lowest BCUT2D eigenvalue weighted by molar-refractivity contribution is 0.353. The molecule has 1 atom stereocenters. The first kappa shape index (κ1) is 21.3. The van der Waals surface area contributed by atoms with Gasteiger partial charge in [-0.3, -0.25) is 0 Å². The van der Waals surface area contributed by atoms with Crippen molar-refractivity contribution in [3.63, 3.8) is 0 Å². The van der Waals surface area contributed by atoms with E-state index < -0.39 is 10.0 Å². The van der Waals surface area contributed by atoms with Crippen molar-refractivity contribution in [3.05, 3.63) is 59.7 Å². The highest BCUT2D eigenvalue weighted by atomic mass is 32.2. The van der Waals surface area contributed by atoms with Crippen molar-refractivity contribution in [1.29, 1.82) is 0 Å². The second-order valence-corrected chi connectivity index (χ2v) is 8.79. The van der Waals surface area contributed by atoms with Gasteiger partial charge in [0.05, 0.1) is 20.0 Å². The van der Waals surface area contributed by atoms with Gasteiger partial charge in [-0.05, 0) is 41.5 Å². The number of sulfonamides is 1. The average molecular weight is 392 g/mol. The number of benzene rings is 2. The maximum Gasteiger partial charge on any atom is 0.211 e. The molecular weight excluding hydrogens is 362 g/mol. The lowest BCUT2D eigenvalue weighted by atomic mass is 9.88. The highest BCUT2D eigenvalue weighted by molar-refractivity contribution is 7.89. The van der Waals surface area contributed by atoms with Gasteiger partial charge in [0, 0.05) is 6.54 Å². The van der Waals surface area contributed by atoms with Gasteiger partial charge in [0.1, 0.15) is 0 Å². The molecule has 0 spiro atoms. The molecule has 0 aliphatic carbocycles. The Labute approximate surface area is 162 Å². The van der Waals surface area contributed by atoms with Crippen molar-refractivity contribution in [2.45, 2.75) is 26.2 Å². The van der Waals surface area contributed by atoms with E-state index >= 15 is 0 Å². The number of hydrogen-bond acceptors (Lipinski definition) is 4. The average Bonchev–Trinajstić information content (AvgIpc) is 2.67. The van der Waals surface area contributed by atoms with Crippen LogP contribution in [-0.4, -0.2) is 34.9 Å². The number of ether oxygens (including phenoxy) is 2. The topological polar surface area (TPSA) is 64.6 Å². The minimum absolute atomic E-state index is 0.0382. The van der Waals surface area contributed by atoms with Gasteiger partial charge >= 0.3 is 0 Å². The Morgan fingerprint density at radius 3 is 2.22 bits per heavy atom. The summed E-state index contributed by atoms with van der Waals surface area (Å²) < 4.78 is 38.3. The fourth-order valence-electron chi connectivity index (χ4n) is 3.01. The van der Waals surface area contributed by atoms with Crippen molar-refractivity contribution in [1.82, 2.24) is 4.72 Å². The maximum absolute atomic E-state index is 12.4. The molecule has 6 heteroatoms. The van der Waals surface area contributed by atoms with E-state index in [0.29, 0.717) is 24.5 Å². The van der Waals surface area contributed by atoms with Gasteiger partial charge in [0.2, 0.25) is 10.0 Å². The second kappa shape index (κ2) is 9.76. The molecule has 0 heterocycles. The SMILES string of the molecule is COc1ccc(C(CNS(=O)(=O)CCc2ccccc2)C(C)C)cc1OC. The molecule has 0 fully saturated rings. The Balaban J connectivity index is 2.05. The van der Waals surface area contributed by atoms with Gasteiger partial charge in [-0.2, -0.15) is 0 Å². The van der Waals surface area contributed by atoms with E-state index in [2.05, 4.69) is 18.6 Å². The fourth-order valence-corrected chi connectivity index (χ4v) is 4.09. The molecular formula is C21H29NO4S. The summed E-state index contributed by atoms with van der Waals surface area (Å²) >= 11 is 0. The predicted molar refractivity (Wildman–Crippen MR) is 109 cm³/mol. The van der Waals surface area contributed by atoms with Crippen LogP contribution >= 0.6 is 0 Å². The fraction of sp³-hybridized carbons (Fsp3) is 0.429. The van der Waals surface area contributed by atoms with Gasteiger partial charge in [-0.25, -0.2) is 13.1 Å². The van der Waals surface area contributed by atoms with Crippen LogP contribution < -0.4 is 14.2 Å². The first-order valence-electron chi connectivity index (χ1n) is 9.09. The van der Waals surface area contributed by atoms with E-state index in [1.807, 2.05) is 48.5 Å². The van der Waals surface area contributed by atoms with E-state index in [1.165, 1.54) is 0 Å². The van der Waals surface area contributed by atoms with Crippen molar-refractivity contribution in [2.24, 2.45) is 5.92 Å². The summed E-state index contributed by atoms with van der Waals surface area (Å²) in [4.78, 5) is 0. The molecule has 1 unspecified atom stereocenters. The highest BCUT2D eigenvalue weighted by Gasteiger charge is 2.21. The van der Waals surface area contributed by atoms with Gasteiger partial charge in [0.25, 0.3) is 0 Å². The summed E-state index contributed by atoms with van der Waals surface area (Å²) in [7, 11) is -0.160. The number of aryl methyl sites for hydroxylation is 1. The molecule has 0 aliphatic heterocycles. The Kier molecular flexibility index (Phi) is 7.68. The van der Waals surface area contributed by atoms with Crippen LogP contribution in [0.4, 0.5) is 0 Å². The minimum Gasteiger partial charge on any atom is -0.493 e.